The number of rotatable bonds is 2. The van der Waals surface area contributed by atoms with Crippen molar-refractivity contribution in [3.05, 3.63) is 0 Å². The van der Waals surface area contributed by atoms with E-state index in [1.54, 1.807) is 0 Å². The minimum Gasteiger partial charge on any atom is -0.444 e. The number of nitriles is 1. The van der Waals surface area contributed by atoms with Crippen molar-refractivity contribution in [2.24, 2.45) is 5.41 Å². The topological polar surface area (TPSA) is 62.1 Å². The fourth-order valence-electron chi connectivity index (χ4n) is 1.03. The second-order valence-corrected chi connectivity index (χ2v) is 4.75. The zero-order valence-electron chi connectivity index (χ0n) is 8.89. The quantitative estimate of drug-likeness (QED) is 0.732. The first-order chi connectivity index (χ1) is 6.37. The van der Waals surface area contributed by atoms with Gasteiger partial charge in [-0.3, -0.25) is 0 Å². The van der Waals surface area contributed by atoms with Gasteiger partial charge in [0.05, 0.1) is 11.5 Å². The zero-order valence-corrected chi connectivity index (χ0v) is 8.89. The highest BCUT2D eigenvalue weighted by atomic mass is 16.6. The molecule has 1 N–H and O–H groups in total. The van der Waals surface area contributed by atoms with Crippen LogP contribution >= 0.6 is 0 Å². The molecule has 1 aliphatic rings. The van der Waals surface area contributed by atoms with Crippen molar-refractivity contribution in [1.29, 1.82) is 5.26 Å². The van der Waals surface area contributed by atoms with Crippen molar-refractivity contribution in [2.75, 3.05) is 6.54 Å². The second kappa shape index (κ2) is 3.49. The van der Waals surface area contributed by atoms with Crippen LogP contribution < -0.4 is 5.32 Å². The lowest BCUT2D eigenvalue weighted by atomic mass is 10.1. The molecule has 1 saturated carbocycles. The lowest BCUT2D eigenvalue weighted by Gasteiger charge is -2.20. The number of carbonyl (C=O) groups excluding carboxylic acids is 1. The van der Waals surface area contributed by atoms with E-state index in [1.165, 1.54) is 0 Å². The number of carbonyl (C=O) groups is 1. The molecule has 0 aromatic heterocycles. The monoisotopic (exact) mass is 196 g/mol. The van der Waals surface area contributed by atoms with Crippen molar-refractivity contribution in [3.8, 4) is 6.07 Å². The molecule has 4 nitrogen and oxygen atoms in total. The van der Waals surface area contributed by atoms with E-state index in [9.17, 15) is 4.79 Å². The minimum atomic E-state index is -0.479. The highest BCUT2D eigenvalue weighted by molar-refractivity contribution is 5.67. The summed E-state index contributed by atoms with van der Waals surface area (Å²) in [5.41, 5.74) is -0.787. The first-order valence-electron chi connectivity index (χ1n) is 4.75. The van der Waals surface area contributed by atoms with Crippen LogP contribution in [-0.2, 0) is 4.74 Å². The third-order valence-electron chi connectivity index (χ3n) is 2.06. The maximum absolute atomic E-state index is 11.2. The van der Waals surface area contributed by atoms with Crippen LogP contribution in [0.25, 0.3) is 0 Å². The van der Waals surface area contributed by atoms with E-state index in [4.69, 9.17) is 10.00 Å². The van der Waals surface area contributed by atoms with Crippen molar-refractivity contribution in [2.45, 2.75) is 39.2 Å². The van der Waals surface area contributed by atoms with Crippen LogP contribution in [0.5, 0.6) is 0 Å². The number of amides is 1. The Morgan fingerprint density at radius 3 is 2.50 bits per heavy atom. The summed E-state index contributed by atoms with van der Waals surface area (Å²) in [5.74, 6) is 0. The molecule has 0 atom stereocenters. The third-order valence-corrected chi connectivity index (χ3v) is 2.06. The molecule has 78 valence electrons. The SMILES string of the molecule is CC(C)(C)OC(=O)NCC1(C#N)CC1. The van der Waals surface area contributed by atoms with Gasteiger partial charge in [-0.25, -0.2) is 4.79 Å². The molecule has 0 spiro atoms. The molecule has 0 heterocycles. The first-order valence-corrected chi connectivity index (χ1v) is 4.75. The third kappa shape index (κ3) is 3.25. The van der Waals surface area contributed by atoms with Gasteiger partial charge in [-0.2, -0.15) is 5.26 Å². The van der Waals surface area contributed by atoms with Gasteiger partial charge >= 0.3 is 6.09 Å². The molecule has 14 heavy (non-hydrogen) atoms. The highest BCUT2D eigenvalue weighted by Gasteiger charge is 2.43. The summed E-state index contributed by atoms with van der Waals surface area (Å²) in [6.45, 7) is 5.83. The van der Waals surface area contributed by atoms with E-state index in [0.29, 0.717) is 6.54 Å². The molecule has 0 bridgehead atoms. The zero-order chi connectivity index (χ0) is 10.8. The van der Waals surface area contributed by atoms with Gasteiger partial charge in [0.2, 0.25) is 0 Å². The Hall–Kier alpha value is -1.24. The molecule has 4 heteroatoms. The molecule has 0 radical (unpaired) electrons. The van der Waals surface area contributed by atoms with Crippen molar-refractivity contribution < 1.29 is 9.53 Å². The van der Waals surface area contributed by atoms with Gasteiger partial charge in [0.25, 0.3) is 0 Å². The van der Waals surface area contributed by atoms with Crippen LogP contribution in [0.1, 0.15) is 33.6 Å². The maximum Gasteiger partial charge on any atom is 0.407 e. The summed E-state index contributed by atoms with van der Waals surface area (Å²) in [5, 5.41) is 11.4. The molecule has 0 aromatic rings. The minimum absolute atomic E-state index is 0.309. The van der Waals surface area contributed by atoms with Crippen LogP contribution in [0.15, 0.2) is 0 Å². The number of nitrogens with one attached hydrogen (secondary N) is 1. The van der Waals surface area contributed by atoms with E-state index >= 15 is 0 Å². The average Bonchev–Trinajstić information content (AvgIpc) is 2.78. The fraction of sp³-hybridized carbons (Fsp3) is 0.800. The van der Waals surface area contributed by atoms with E-state index in [0.717, 1.165) is 12.8 Å². The Bertz CT molecular complexity index is 269. The number of alkyl carbamates (subject to hydrolysis) is 1. The van der Waals surface area contributed by atoms with Crippen LogP contribution in [0.3, 0.4) is 0 Å². The van der Waals surface area contributed by atoms with Gasteiger partial charge in [0.15, 0.2) is 0 Å². The van der Waals surface area contributed by atoms with Gasteiger partial charge in [-0.1, -0.05) is 0 Å². The lowest BCUT2D eigenvalue weighted by Crippen LogP contribution is -2.35. The van der Waals surface area contributed by atoms with Gasteiger partial charge in [-0.05, 0) is 33.6 Å². The number of hydrogen-bond acceptors (Lipinski definition) is 3. The largest absolute Gasteiger partial charge is 0.444 e. The van der Waals surface area contributed by atoms with Crippen LogP contribution in [0.4, 0.5) is 4.79 Å². The second-order valence-electron chi connectivity index (χ2n) is 4.75. The number of hydrogen-bond donors (Lipinski definition) is 1. The van der Waals surface area contributed by atoms with Crippen LogP contribution in [0, 0.1) is 16.7 Å². The standard InChI is InChI=1S/C10H16N2O2/c1-9(2,3)14-8(13)12-7-10(6-11)4-5-10/h4-5,7H2,1-3H3,(H,12,13). The Labute approximate surface area is 84.2 Å². The number of nitrogens with zero attached hydrogens (tertiary/aromatic N) is 1. The predicted molar refractivity (Wildman–Crippen MR) is 51.5 cm³/mol. The summed E-state index contributed by atoms with van der Waals surface area (Å²) in [4.78, 5) is 11.2. The smallest absolute Gasteiger partial charge is 0.407 e. The van der Waals surface area contributed by atoms with Crippen molar-refractivity contribution in [3.63, 3.8) is 0 Å². The van der Waals surface area contributed by atoms with E-state index < -0.39 is 11.7 Å². The van der Waals surface area contributed by atoms with Gasteiger partial charge in [-0.15, -0.1) is 0 Å². The van der Waals surface area contributed by atoms with Gasteiger partial charge in [0, 0.05) is 6.54 Å². The van der Waals surface area contributed by atoms with Crippen LogP contribution in [-0.4, -0.2) is 18.2 Å². The molecule has 1 rings (SSSR count). The average molecular weight is 196 g/mol. The van der Waals surface area contributed by atoms with Crippen molar-refractivity contribution >= 4 is 6.09 Å². The Kier molecular flexibility index (Phi) is 2.70. The highest BCUT2D eigenvalue weighted by Crippen LogP contribution is 2.44. The Balaban J connectivity index is 2.26. The normalized spacial score (nSPS) is 18.1. The van der Waals surface area contributed by atoms with Gasteiger partial charge in [0.1, 0.15) is 5.60 Å². The summed E-state index contributed by atoms with van der Waals surface area (Å²) < 4.78 is 5.05. The molecular weight excluding hydrogens is 180 g/mol. The summed E-state index contributed by atoms with van der Waals surface area (Å²) in [7, 11) is 0. The summed E-state index contributed by atoms with van der Waals surface area (Å²) >= 11 is 0. The van der Waals surface area contributed by atoms with Gasteiger partial charge < -0.3 is 10.1 Å². The molecule has 1 fully saturated rings. The molecule has 0 aromatic carbocycles. The fourth-order valence-corrected chi connectivity index (χ4v) is 1.03. The maximum atomic E-state index is 11.2. The Morgan fingerprint density at radius 1 is 1.57 bits per heavy atom. The van der Waals surface area contributed by atoms with E-state index in [1.807, 2.05) is 20.8 Å². The van der Waals surface area contributed by atoms with E-state index in [-0.39, 0.29) is 5.41 Å². The first kappa shape index (κ1) is 10.8. The molecule has 0 unspecified atom stereocenters. The molecular formula is C10H16N2O2. The van der Waals surface area contributed by atoms with Crippen molar-refractivity contribution in [1.82, 2.24) is 5.32 Å². The summed E-state index contributed by atoms with van der Waals surface area (Å²) in [6, 6.07) is 2.20. The molecule has 1 aliphatic carbocycles. The predicted octanol–water partition coefficient (Wildman–Crippen LogP) is 1.81. The summed E-state index contributed by atoms with van der Waals surface area (Å²) in [6.07, 6.45) is 1.30. The number of ether oxygens (including phenoxy) is 1. The molecule has 0 aliphatic heterocycles. The lowest BCUT2D eigenvalue weighted by molar-refractivity contribution is 0.0521. The van der Waals surface area contributed by atoms with Crippen LogP contribution in [0.2, 0.25) is 0 Å². The molecule has 0 saturated heterocycles. The molecule has 1 amide bonds. The van der Waals surface area contributed by atoms with E-state index in [2.05, 4.69) is 11.4 Å². The Morgan fingerprint density at radius 2 is 2.14 bits per heavy atom.